The van der Waals surface area contributed by atoms with Crippen LogP contribution in [0.25, 0.3) is 0 Å². The molecule has 13 heavy (non-hydrogen) atoms. The van der Waals surface area contributed by atoms with Crippen LogP contribution >= 0.6 is 0 Å². The average Bonchev–Trinajstić information content (AvgIpc) is 2.46. The second-order valence-electron chi connectivity index (χ2n) is 3.47. The zero-order valence-corrected chi connectivity index (χ0v) is 7.66. The molecule has 2 rings (SSSR count). The third-order valence-corrected chi connectivity index (χ3v) is 2.49. The van der Waals surface area contributed by atoms with E-state index in [0.717, 1.165) is 25.3 Å². The van der Waals surface area contributed by atoms with Gasteiger partial charge in [0.15, 0.2) is 0 Å². The lowest BCUT2D eigenvalue weighted by atomic mass is 10.2. The van der Waals surface area contributed by atoms with Crippen LogP contribution in [0, 0.1) is 0 Å². The molecule has 4 heteroatoms. The average molecular weight is 179 g/mol. The molecular formula is C9H13N3O. The summed E-state index contributed by atoms with van der Waals surface area (Å²) in [5.41, 5.74) is 6.96. The third kappa shape index (κ3) is 1.33. The largest absolute Gasteiger partial charge is 0.366 e. The number of primary amides is 1. The molecule has 0 unspecified atom stereocenters. The predicted octanol–water partition coefficient (Wildman–Crippen LogP) is 0.0324. The summed E-state index contributed by atoms with van der Waals surface area (Å²) in [4.78, 5) is 13.2. The first kappa shape index (κ1) is 8.31. The van der Waals surface area contributed by atoms with Gasteiger partial charge >= 0.3 is 0 Å². The van der Waals surface area contributed by atoms with Gasteiger partial charge in [0.1, 0.15) is 0 Å². The van der Waals surface area contributed by atoms with E-state index in [2.05, 4.69) is 9.47 Å². The van der Waals surface area contributed by atoms with Crippen molar-refractivity contribution in [1.29, 1.82) is 0 Å². The summed E-state index contributed by atoms with van der Waals surface area (Å²) < 4.78 is 2.10. The van der Waals surface area contributed by atoms with Gasteiger partial charge in [-0.05, 0) is 13.1 Å². The lowest BCUT2D eigenvalue weighted by molar-refractivity contribution is 0.0997. The van der Waals surface area contributed by atoms with Gasteiger partial charge < -0.3 is 10.3 Å². The molecule has 0 saturated heterocycles. The Morgan fingerprint density at radius 1 is 1.54 bits per heavy atom. The van der Waals surface area contributed by atoms with Crippen LogP contribution in [0.1, 0.15) is 16.1 Å². The Balaban J connectivity index is 2.41. The molecule has 0 fully saturated rings. The van der Waals surface area contributed by atoms with E-state index in [1.165, 1.54) is 0 Å². The Bertz CT molecular complexity index is 343. The molecule has 2 N–H and O–H groups in total. The molecule has 1 aromatic rings. The fourth-order valence-electron chi connectivity index (χ4n) is 1.73. The summed E-state index contributed by atoms with van der Waals surface area (Å²) >= 11 is 0. The summed E-state index contributed by atoms with van der Waals surface area (Å²) in [7, 11) is 2.04. The van der Waals surface area contributed by atoms with Crippen LogP contribution < -0.4 is 5.73 Å². The number of amides is 1. The second kappa shape index (κ2) is 2.88. The van der Waals surface area contributed by atoms with E-state index < -0.39 is 0 Å². The van der Waals surface area contributed by atoms with Crippen LogP contribution in [0.4, 0.5) is 0 Å². The maximum Gasteiger partial charge on any atom is 0.250 e. The van der Waals surface area contributed by atoms with Gasteiger partial charge in [0.25, 0.3) is 5.91 Å². The van der Waals surface area contributed by atoms with Crippen molar-refractivity contribution in [2.75, 3.05) is 13.6 Å². The number of rotatable bonds is 1. The van der Waals surface area contributed by atoms with Gasteiger partial charge in [-0.25, -0.2) is 0 Å². The SMILES string of the molecule is CN1CCn2ccc(C(N)=O)c2C1. The number of aromatic nitrogens is 1. The van der Waals surface area contributed by atoms with Crippen LogP contribution in [0.5, 0.6) is 0 Å². The van der Waals surface area contributed by atoms with E-state index in [4.69, 9.17) is 5.73 Å². The van der Waals surface area contributed by atoms with Crippen LogP contribution in [0.3, 0.4) is 0 Å². The minimum absolute atomic E-state index is 0.330. The maximum atomic E-state index is 11.0. The van der Waals surface area contributed by atoms with E-state index in [-0.39, 0.29) is 5.91 Å². The lowest BCUT2D eigenvalue weighted by Gasteiger charge is -2.25. The van der Waals surface area contributed by atoms with E-state index >= 15 is 0 Å². The summed E-state index contributed by atoms with van der Waals surface area (Å²) in [5, 5.41) is 0. The molecule has 1 aromatic heterocycles. The zero-order chi connectivity index (χ0) is 9.42. The number of fused-ring (bicyclic) bond motifs is 1. The molecular weight excluding hydrogens is 166 g/mol. The number of carbonyl (C=O) groups is 1. The number of likely N-dealkylation sites (N-methyl/N-ethyl adjacent to an activating group) is 1. The highest BCUT2D eigenvalue weighted by Gasteiger charge is 2.18. The molecule has 0 radical (unpaired) electrons. The molecule has 0 atom stereocenters. The fourth-order valence-corrected chi connectivity index (χ4v) is 1.73. The van der Waals surface area contributed by atoms with E-state index in [1.54, 1.807) is 6.07 Å². The van der Waals surface area contributed by atoms with E-state index in [9.17, 15) is 4.79 Å². The van der Waals surface area contributed by atoms with Crippen molar-refractivity contribution in [3.05, 3.63) is 23.5 Å². The van der Waals surface area contributed by atoms with Crippen molar-refractivity contribution in [3.63, 3.8) is 0 Å². The summed E-state index contributed by atoms with van der Waals surface area (Å²) in [6.07, 6.45) is 1.93. The molecule has 0 saturated carbocycles. The van der Waals surface area contributed by atoms with Crippen molar-refractivity contribution < 1.29 is 4.79 Å². The van der Waals surface area contributed by atoms with Crippen LogP contribution in [-0.2, 0) is 13.1 Å². The Labute approximate surface area is 76.9 Å². The normalized spacial score (nSPS) is 17.0. The molecule has 1 amide bonds. The van der Waals surface area contributed by atoms with Gasteiger partial charge in [0.05, 0.1) is 5.56 Å². The molecule has 0 aromatic carbocycles. The third-order valence-electron chi connectivity index (χ3n) is 2.49. The minimum Gasteiger partial charge on any atom is -0.366 e. The Morgan fingerprint density at radius 2 is 2.31 bits per heavy atom. The Morgan fingerprint density at radius 3 is 3.00 bits per heavy atom. The summed E-state index contributed by atoms with van der Waals surface area (Å²) in [5.74, 6) is -0.330. The lowest BCUT2D eigenvalue weighted by Crippen LogP contribution is -2.31. The molecule has 0 aliphatic carbocycles. The number of hydrogen-bond donors (Lipinski definition) is 1. The topological polar surface area (TPSA) is 51.3 Å². The van der Waals surface area contributed by atoms with Gasteiger partial charge in [0.2, 0.25) is 0 Å². The number of hydrogen-bond acceptors (Lipinski definition) is 2. The van der Waals surface area contributed by atoms with Gasteiger partial charge in [-0.2, -0.15) is 0 Å². The predicted molar refractivity (Wildman–Crippen MR) is 49.3 cm³/mol. The minimum atomic E-state index is -0.330. The highest BCUT2D eigenvalue weighted by Crippen LogP contribution is 2.16. The summed E-state index contributed by atoms with van der Waals surface area (Å²) in [6.45, 7) is 2.78. The molecule has 0 spiro atoms. The molecule has 2 heterocycles. The number of carbonyl (C=O) groups excluding carboxylic acids is 1. The standard InChI is InChI=1S/C9H13N3O/c1-11-4-5-12-3-2-7(9(10)13)8(12)6-11/h2-3H,4-6H2,1H3,(H2,10,13). The first-order chi connectivity index (χ1) is 6.18. The monoisotopic (exact) mass is 179 g/mol. The van der Waals surface area contributed by atoms with Gasteiger partial charge in [-0.15, -0.1) is 0 Å². The first-order valence-corrected chi connectivity index (χ1v) is 4.35. The van der Waals surface area contributed by atoms with Crippen molar-refractivity contribution in [2.45, 2.75) is 13.1 Å². The van der Waals surface area contributed by atoms with Crippen LogP contribution in [-0.4, -0.2) is 29.0 Å². The quantitative estimate of drug-likeness (QED) is 0.661. The molecule has 0 bridgehead atoms. The number of nitrogens with zero attached hydrogens (tertiary/aromatic N) is 2. The smallest absolute Gasteiger partial charge is 0.250 e. The van der Waals surface area contributed by atoms with Gasteiger partial charge in [-0.3, -0.25) is 9.69 Å². The molecule has 1 aliphatic heterocycles. The van der Waals surface area contributed by atoms with E-state index in [0.29, 0.717) is 5.56 Å². The van der Waals surface area contributed by atoms with E-state index in [1.807, 2.05) is 13.2 Å². The molecule has 70 valence electrons. The molecule has 1 aliphatic rings. The highest BCUT2D eigenvalue weighted by molar-refractivity contribution is 5.94. The van der Waals surface area contributed by atoms with Crippen molar-refractivity contribution in [2.24, 2.45) is 5.73 Å². The van der Waals surface area contributed by atoms with Gasteiger partial charge in [0, 0.05) is 31.5 Å². The molecule has 4 nitrogen and oxygen atoms in total. The number of nitrogens with two attached hydrogens (primary N) is 1. The van der Waals surface area contributed by atoms with Gasteiger partial charge in [-0.1, -0.05) is 0 Å². The zero-order valence-electron chi connectivity index (χ0n) is 7.66. The fraction of sp³-hybridized carbons (Fsp3) is 0.444. The first-order valence-electron chi connectivity index (χ1n) is 4.35. The van der Waals surface area contributed by atoms with Crippen molar-refractivity contribution in [3.8, 4) is 0 Å². The van der Waals surface area contributed by atoms with Crippen molar-refractivity contribution >= 4 is 5.91 Å². The maximum absolute atomic E-state index is 11.0. The van der Waals surface area contributed by atoms with Crippen LogP contribution in [0.15, 0.2) is 12.3 Å². The second-order valence-corrected chi connectivity index (χ2v) is 3.47. The Hall–Kier alpha value is -1.29. The van der Waals surface area contributed by atoms with Crippen molar-refractivity contribution in [1.82, 2.24) is 9.47 Å². The summed E-state index contributed by atoms with van der Waals surface area (Å²) in [6, 6.07) is 1.80. The Kier molecular flexibility index (Phi) is 1.84. The van der Waals surface area contributed by atoms with Crippen LogP contribution in [0.2, 0.25) is 0 Å². The highest BCUT2D eigenvalue weighted by atomic mass is 16.1.